The van der Waals surface area contributed by atoms with Crippen molar-refractivity contribution in [3.05, 3.63) is 76.1 Å². The Morgan fingerprint density at radius 2 is 1.94 bits per heavy atom. The van der Waals surface area contributed by atoms with Gasteiger partial charge in [-0.05, 0) is 61.3 Å². The predicted octanol–water partition coefficient (Wildman–Crippen LogP) is 4.40. The average molecular weight is 436 g/mol. The van der Waals surface area contributed by atoms with Gasteiger partial charge in [0.05, 0.1) is 13.7 Å². The summed E-state index contributed by atoms with van der Waals surface area (Å²) in [6.45, 7) is 1.28. The van der Waals surface area contributed by atoms with E-state index in [4.69, 9.17) is 17.0 Å². The Balaban J connectivity index is 1.51. The van der Waals surface area contributed by atoms with E-state index in [2.05, 4.69) is 39.5 Å². The molecule has 0 unspecified atom stereocenters. The monoisotopic (exact) mass is 435 g/mol. The molecular weight excluding hydrogens is 406 g/mol. The summed E-state index contributed by atoms with van der Waals surface area (Å²) in [5, 5.41) is 5.12. The number of H-pyrrole nitrogens is 1. The van der Waals surface area contributed by atoms with Crippen molar-refractivity contribution in [2.24, 2.45) is 0 Å². The van der Waals surface area contributed by atoms with Gasteiger partial charge in [-0.2, -0.15) is 0 Å². The summed E-state index contributed by atoms with van der Waals surface area (Å²) in [5.74, 6) is 0.774. The summed E-state index contributed by atoms with van der Waals surface area (Å²) >= 11 is 5.79. The average Bonchev–Trinajstić information content (AvgIpc) is 3.32. The molecule has 3 aromatic rings. The summed E-state index contributed by atoms with van der Waals surface area (Å²) < 4.78 is 5.34. The SMILES string of the molecule is COc1ccc2[nH]c(=O)c(CN(C(=S)NCCc3ccccc3)C3CCCC3)cc2c1. The maximum absolute atomic E-state index is 12.8. The first-order chi connectivity index (χ1) is 15.1. The van der Waals surface area contributed by atoms with Gasteiger partial charge in [0.2, 0.25) is 0 Å². The third kappa shape index (κ3) is 5.25. The number of aromatic nitrogens is 1. The Morgan fingerprint density at radius 1 is 1.16 bits per heavy atom. The van der Waals surface area contributed by atoms with E-state index in [0.717, 1.165) is 53.1 Å². The summed E-state index contributed by atoms with van der Waals surface area (Å²) in [5.41, 5.74) is 2.75. The van der Waals surface area contributed by atoms with Crippen LogP contribution in [0.5, 0.6) is 5.75 Å². The number of hydrogen-bond donors (Lipinski definition) is 2. The normalized spacial score (nSPS) is 14.0. The number of nitrogens with zero attached hydrogens (tertiary/aromatic N) is 1. The van der Waals surface area contributed by atoms with E-state index >= 15 is 0 Å². The van der Waals surface area contributed by atoms with Crippen LogP contribution in [0, 0.1) is 0 Å². The number of fused-ring (bicyclic) bond motifs is 1. The second-order valence-electron chi connectivity index (χ2n) is 8.11. The molecule has 162 valence electrons. The molecule has 1 fully saturated rings. The van der Waals surface area contributed by atoms with Gasteiger partial charge >= 0.3 is 0 Å². The van der Waals surface area contributed by atoms with E-state index in [0.29, 0.717) is 12.6 Å². The molecule has 0 amide bonds. The zero-order valence-electron chi connectivity index (χ0n) is 17.9. The maximum atomic E-state index is 12.8. The first-order valence-electron chi connectivity index (χ1n) is 10.9. The van der Waals surface area contributed by atoms with Crippen molar-refractivity contribution in [3.63, 3.8) is 0 Å². The molecule has 5 nitrogen and oxygen atoms in total. The lowest BCUT2D eigenvalue weighted by Crippen LogP contribution is -2.45. The minimum Gasteiger partial charge on any atom is -0.497 e. The lowest BCUT2D eigenvalue weighted by atomic mass is 10.1. The topological polar surface area (TPSA) is 57.4 Å². The molecule has 2 N–H and O–H groups in total. The number of rotatable bonds is 7. The van der Waals surface area contributed by atoms with Crippen molar-refractivity contribution in [3.8, 4) is 5.75 Å². The number of aromatic amines is 1. The molecule has 0 bridgehead atoms. The fraction of sp³-hybridized carbons (Fsp3) is 0.360. The molecule has 0 atom stereocenters. The van der Waals surface area contributed by atoms with Gasteiger partial charge in [0.25, 0.3) is 5.56 Å². The van der Waals surface area contributed by atoms with E-state index in [1.165, 1.54) is 18.4 Å². The third-order valence-electron chi connectivity index (χ3n) is 6.03. The van der Waals surface area contributed by atoms with Crippen LogP contribution in [0.25, 0.3) is 10.9 Å². The molecule has 1 aliphatic rings. The zero-order chi connectivity index (χ0) is 21.6. The molecule has 0 spiro atoms. The molecule has 0 saturated heterocycles. The van der Waals surface area contributed by atoms with Crippen molar-refractivity contribution < 1.29 is 4.74 Å². The fourth-order valence-electron chi connectivity index (χ4n) is 4.30. The number of thiocarbonyl (C=S) groups is 1. The van der Waals surface area contributed by atoms with Crippen LogP contribution in [0.4, 0.5) is 0 Å². The van der Waals surface area contributed by atoms with Crippen LogP contribution >= 0.6 is 12.2 Å². The zero-order valence-corrected chi connectivity index (χ0v) is 18.7. The molecule has 1 saturated carbocycles. The van der Waals surface area contributed by atoms with Crippen molar-refractivity contribution >= 4 is 28.2 Å². The van der Waals surface area contributed by atoms with E-state index < -0.39 is 0 Å². The second kappa shape index (κ2) is 9.96. The quantitative estimate of drug-likeness (QED) is 0.539. The van der Waals surface area contributed by atoms with Crippen LogP contribution in [0.3, 0.4) is 0 Å². The first-order valence-corrected chi connectivity index (χ1v) is 11.3. The van der Waals surface area contributed by atoms with Crippen LogP contribution in [0.1, 0.15) is 36.8 Å². The van der Waals surface area contributed by atoms with Crippen molar-refractivity contribution in [1.29, 1.82) is 0 Å². The number of hydrogen-bond acceptors (Lipinski definition) is 3. The van der Waals surface area contributed by atoms with Gasteiger partial charge in [0.1, 0.15) is 5.75 Å². The smallest absolute Gasteiger partial charge is 0.253 e. The molecule has 4 rings (SSSR count). The lowest BCUT2D eigenvalue weighted by Gasteiger charge is -2.31. The van der Waals surface area contributed by atoms with Crippen molar-refractivity contribution in [2.45, 2.75) is 44.7 Å². The van der Waals surface area contributed by atoms with E-state index in [9.17, 15) is 4.79 Å². The fourth-order valence-corrected chi connectivity index (χ4v) is 4.62. The number of benzene rings is 2. The highest BCUT2D eigenvalue weighted by atomic mass is 32.1. The van der Waals surface area contributed by atoms with E-state index in [-0.39, 0.29) is 5.56 Å². The Kier molecular flexibility index (Phi) is 6.87. The molecule has 6 heteroatoms. The highest BCUT2D eigenvalue weighted by Gasteiger charge is 2.25. The Morgan fingerprint density at radius 3 is 2.68 bits per heavy atom. The minimum atomic E-state index is -0.0623. The van der Waals surface area contributed by atoms with Gasteiger partial charge in [-0.15, -0.1) is 0 Å². The molecule has 31 heavy (non-hydrogen) atoms. The molecule has 1 aliphatic carbocycles. The Hall–Kier alpha value is -2.86. The summed E-state index contributed by atoms with van der Waals surface area (Å²) in [4.78, 5) is 18.0. The number of nitrogens with one attached hydrogen (secondary N) is 2. The Bertz CT molecular complexity index is 1090. The highest BCUT2D eigenvalue weighted by Crippen LogP contribution is 2.26. The first kappa shape index (κ1) is 21.4. The third-order valence-corrected chi connectivity index (χ3v) is 6.41. The number of methoxy groups -OCH3 is 1. The predicted molar refractivity (Wildman–Crippen MR) is 130 cm³/mol. The summed E-state index contributed by atoms with van der Waals surface area (Å²) in [7, 11) is 1.65. The van der Waals surface area contributed by atoms with Crippen LogP contribution in [0.2, 0.25) is 0 Å². The number of ether oxygens (including phenoxy) is 1. The molecule has 0 radical (unpaired) electrons. The van der Waals surface area contributed by atoms with Gasteiger partial charge in [-0.3, -0.25) is 4.79 Å². The van der Waals surface area contributed by atoms with Crippen molar-refractivity contribution in [1.82, 2.24) is 15.2 Å². The number of pyridine rings is 1. The standard InChI is InChI=1S/C25H29N3O2S/c1-30-22-11-12-23-19(16-22)15-20(24(29)27-23)17-28(21-9-5-6-10-21)25(31)26-14-13-18-7-3-2-4-8-18/h2-4,7-8,11-12,15-16,21H,5-6,9-10,13-14,17H2,1H3,(H,26,31)(H,27,29). The highest BCUT2D eigenvalue weighted by molar-refractivity contribution is 7.80. The molecular formula is C25H29N3O2S. The van der Waals surface area contributed by atoms with Gasteiger partial charge in [0, 0.05) is 29.1 Å². The lowest BCUT2D eigenvalue weighted by molar-refractivity contribution is 0.302. The second-order valence-corrected chi connectivity index (χ2v) is 8.50. The van der Waals surface area contributed by atoms with E-state index in [1.54, 1.807) is 7.11 Å². The summed E-state index contributed by atoms with van der Waals surface area (Å²) in [6, 6.07) is 18.4. The van der Waals surface area contributed by atoms with Gasteiger partial charge < -0.3 is 19.9 Å². The summed E-state index contributed by atoms with van der Waals surface area (Å²) in [6.07, 6.45) is 5.55. The molecule has 2 aromatic carbocycles. The molecule has 1 heterocycles. The van der Waals surface area contributed by atoms with E-state index in [1.807, 2.05) is 30.3 Å². The van der Waals surface area contributed by atoms with Gasteiger partial charge in [0.15, 0.2) is 5.11 Å². The van der Waals surface area contributed by atoms with Crippen LogP contribution in [-0.2, 0) is 13.0 Å². The minimum absolute atomic E-state index is 0.0623. The van der Waals surface area contributed by atoms with Gasteiger partial charge in [-0.25, -0.2) is 0 Å². The van der Waals surface area contributed by atoms with Crippen LogP contribution in [-0.4, -0.2) is 34.7 Å². The molecule has 1 aromatic heterocycles. The van der Waals surface area contributed by atoms with Crippen LogP contribution in [0.15, 0.2) is 59.4 Å². The maximum Gasteiger partial charge on any atom is 0.253 e. The Labute approximate surface area is 188 Å². The largest absolute Gasteiger partial charge is 0.497 e. The molecule has 0 aliphatic heterocycles. The van der Waals surface area contributed by atoms with Crippen molar-refractivity contribution in [2.75, 3.05) is 13.7 Å². The van der Waals surface area contributed by atoms with Crippen LogP contribution < -0.4 is 15.6 Å². The van der Waals surface area contributed by atoms with Gasteiger partial charge in [-0.1, -0.05) is 43.2 Å².